The Morgan fingerprint density at radius 1 is 0.145 bits per heavy atom. The van der Waals surface area contributed by atoms with E-state index in [0.29, 0.717) is 0 Å². The molecule has 22 aromatic carbocycles. The third kappa shape index (κ3) is 14.2. The maximum atomic E-state index is 6.44. The summed E-state index contributed by atoms with van der Waals surface area (Å²) in [5.41, 5.74) is 43.0. The Hall–Kier alpha value is -18.0. The predicted molar refractivity (Wildman–Crippen MR) is 575 cm³/mol. The van der Waals surface area contributed by atoms with E-state index in [2.05, 4.69) is 532 Å². The van der Waals surface area contributed by atoms with Gasteiger partial charge in [0.1, 0.15) is 22.3 Å². The van der Waals surface area contributed by atoms with Crippen LogP contribution in [0.15, 0.2) is 555 Å². The molecule has 4 nitrogen and oxygen atoms in total. The SMILES string of the molecule is c1ccc(-c2ccc(-c3ccc(N(c4ccc(-c5cccc6c5-c5ccccc5C6(c5ccccc5)c5ccccc5)cc4)c4ccccc4-c4ccc5c(c4)oc4ccccc45)cc3)cc2)cc1.c1ccc(-c2ccc(-c3cccc(N(c4ccc(-c5cccc6c5-c5ccccc5C6(c5ccccc5)c5ccccc5)cc4)c4ccccc4-c4ccc5c(c4)oc4ccccc45)c3)cc2)cc1. The van der Waals surface area contributed by atoms with Crippen molar-refractivity contribution in [2.75, 3.05) is 9.80 Å². The molecule has 0 aliphatic heterocycles. The minimum Gasteiger partial charge on any atom is -0.456 e. The molecule has 2 aliphatic rings. The lowest BCUT2D eigenvalue weighted by atomic mass is 9.67. The molecule has 24 aromatic rings. The van der Waals surface area contributed by atoms with Crippen molar-refractivity contribution in [1.82, 2.24) is 0 Å². The first-order valence-electron chi connectivity index (χ1n) is 47.5. The van der Waals surface area contributed by atoms with Gasteiger partial charge in [0, 0.05) is 55.4 Å². The van der Waals surface area contributed by atoms with E-state index in [1.165, 1.54) is 111 Å². The highest BCUT2D eigenvalue weighted by Crippen LogP contribution is 2.61. The topological polar surface area (TPSA) is 32.8 Å². The van der Waals surface area contributed by atoms with Gasteiger partial charge in [-0.25, -0.2) is 0 Å². The average Bonchev–Trinajstić information content (AvgIpc) is 1.54. The first-order valence-corrected chi connectivity index (χ1v) is 47.5. The minimum atomic E-state index is -0.469. The Labute approximate surface area is 803 Å². The number of furan rings is 2. The van der Waals surface area contributed by atoms with Crippen LogP contribution < -0.4 is 9.80 Å². The number of hydrogen-bond donors (Lipinski definition) is 0. The highest BCUT2D eigenvalue weighted by atomic mass is 16.3. The Morgan fingerprint density at radius 3 is 0.797 bits per heavy atom. The van der Waals surface area contributed by atoms with Crippen LogP contribution in [0.25, 0.3) is 155 Å². The molecule has 138 heavy (non-hydrogen) atoms. The summed E-state index contributed by atoms with van der Waals surface area (Å²) in [4.78, 5) is 4.80. The summed E-state index contributed by atoms with van der Waals surface area (Å²) in [6, 6.07) is 198. The summed E-state index contributed by atoms with van der Waals surface area (Å²) in [5, 5.41) is 4.49. The molecule has 0 radical (unpaired) electrons. The Kier molecular flexibility index (Phi) is 20.7. The van der Waals surface area contributed by atoms with E-state index in [1.807, 2.05) is 24.3 Å². The number of nitrogens with zero attached hydrogens (tertiary/aromatic N) is 2. The van der Waals surface area contributed by atoms with Crippen LogP contribution in [0.2, 0.25) is 0 Å². The smallest absolute Gasteiger partial charge is 0.136 e. The number of fused-ring (bicyclic) bond motifs is 12. The van der Waals surface area contributed by atoms with Crippen molar-refractivity contribution in [2.45, 2.75) is 10.8 Å². The average molecular weight is 1760 g/mol. The van der Waals surface area contributed by atoms with Crippen LogP contribution in [-0.4, -0.2) is 0 Å². The van der Waals surface area contributed by atoms with E-state index in [1.54, 1.807) is 0 Å². The normalized spacial score (nSPS) is 12.5. The lowest BCUT2D eigenvalue weighted by Crippen LogP contribution is -2.28. The van der Waals surface area contributed by atoms with Gasteiger partial charge in [0.15, 0.2) is 0 Å². The third-order valence-corrected chi connectivity index (χ3v) is 28.4. The van der Waals surface area contributed by atoms with Crippen molar-refractivity contribution in [1.29, 1.82) is 0 Å². The summed E-state index contributed by atoms with van der Waals surface area (Å²) < 4.78 is 12.9. The molecule has 648 valence electrons. The summed E-state index contributed by atoms with van der Waals surface area (Å²) in [6.07, 6.45) is 0. The number of hydrogen-bond acceptors (Lipinski definition) is 4. The number of benzene rings is 22. The van der Waals surface area contributed by atoms with Gasteiger partial charge >= 0.3 is 0 Å². The minimum absolute atomic E-state index is 0.466. The number of rotatable bonds is 18. The van der Waals surface area contributed by atoms with E-state index in [4.69, 9.17) is 8.83 Å². The second-order valence-corrected chi connectivity index (χ2v) is 35.9. The first kappa shape index (κ1) is 82.0. The molecule has 2 aliphatic carbocycles. The Morgan fingerprint density at radius 2 is 0.406 bits per heavy atom. The molecule has 26 rings (SSSR count). The molecule has 0 N–H and O–H groups in total. The number of para-hydroxylation sites is 4. The van der Waals surface area contributed by atoms with Crippen molar-refractivity contribution < 1.29 is 8.83 Å². The van der Waals surface area contributed by atoms with Gasteiger partial charge < -0.3 is 18.6 Å². The summed E-state index contributed by atoms with van der Waals surface area (Å²) in [7, 11) is 0. The van der Waals surface area contributed by atoms with E-state index in [0.717, 1.165) is 123 Å². The molecule has 0 fully saturated rings. The van der Waals surface area contributed by atoms with Gasteiger partial charge in [0.05, 0.1) is 22.2 Å². The molecule has 0 atom stereocenters. The van der Waals surface area contributed by atoms with Crippen LogP contribution in [0.3, 0.4) is 0 Å². The maximum absolute atomic E-state index is 6.44. The molecule has 0 unspecified atom stereocenters. The van der Waals surface area contributed by atoms with Gasteiger partial charge in [-0.1, -0.05) is 449 Å². The standard InChI is InChI=1S/2C67H45NO/c1-4-18-46(19-5-1)47-34-36-48(37-35-47)50-20-16-25-55(44-50)68(63-32-14-11-26-56(63)51-40-43-59-58-27-12-15-33-64(58)69-65(59)45-51)54-41-38-49(39-42-54)57-29-17-31-62-66(57)60-28-10-13-30-61(60)67(62,52-21-6-2-7-22-52)53-23-8-3-9-24-53;1-4-17-46(18-5-1)47-31-33-48(34-32-47)49-35-40-54(41-36-49)68(63-29-14-11-23-56(63)51-39-44-59-58-24-12-15-30-64(58)69-65(59)45-51)55-42-37-50(38-43-55)57-26-16-28-62-66(57)60-25-10-13-27-61(60)67(62,52-19-6-2-7-20-52)53-21-8-3-9-22-53/h2*1-45H. The van der Waals surface area contributed by atoms with E-state index < -0.39 is 10.8 Å². The van der Waals surface area contributed by atoms with E-state index in [9.17, 15) is 0 Å². The molecule has 2 heterocycles. The highest BCUT2D eigenvalue weighted by molar-refractivity contribution is 6.09. The second-order valence-electron chi connectivity index (χ2n) is 35.9. The van der Waals surface area contributed by atoms with Gasteiger partial charge in [-0.2, -0.15) is 0 Å². The molecular formula is C134H90N2O2. The fraction of sp³-hybridized carbons (Fsp3) is 0.0149. The molecule has 0 saturated carbocycles. The fourth-order valence-electron chi connectivity index (χ4n) is 22.1. The number of anilines is 6. The van der Waals surface area contributed by atoms with Crippen molar-refractivity contribution in [3.63, 3.8) is 0 Å². The van der Waals surface area contributed by atoms with Crippen LogP contribution in [-0.2, 0) is 10.8 Å². The highest BCUT2D eigenvalue weighted by Gasteiger charge is 2.49. The lowest BCUT2D eigenvalue weighted by molar-refractivity contribution is 0.668. The van der Waals surface area contributed by atoms with Crippen LogP contribution in [0, 0.1) is 0 Å². The van der Waals surface area contributed by atoms with Gasteiger partial charge in [-0.05, 0) is 242 Å². The summed E-state index contributed by atoms with van der Waals surface area (Å²) in [6.45, 7) is 0. The quantitative estimate of drug-likeness (QED) is 0.0857. The molecule has 4 heteroatoms. The van der Waals surface area contributed by atoms with Gasteiger partial charge in [-0.3, -0.25) is 0 Å². The zero-order valence-corrected chi connectivity index (χ0v) is 75.7. The molecular weight excluding hydrogens is 1670 g/mol. The molecule has 0 spiro atoms. The van der Waals surface area contributed by atoms with Crippen molar-refractivity contribution in [3.05, 3.63) is 590 Å². The van der Waals surface area contributed by atoms with E-state index in [-0.39, 0.29) is 0 Å². The Bertz CT molecular complexity index is 8550. The first-order chi connectivity index (χ1) is 68.4. The zero-order chi connectivity index (χ0) is 91.5. The van der Waals surface area contributed by atoms with Crippen molar-refractivity contribution in [3.8, 4) is 111 Å². The summed E-state index contributed by atoms with van der Waals surface area (Å²) >= 11 is 0. The monoisotopic (exact) mass is 1760 g/mol. The van der Waals surface area contributed by atoms with Crippen LogP contribution in [0.5, 0.6) is 0 Å². The lowest BCUT2D eigenvalue weighted by Gasteiger charge is -2.34. The molecule has 2 aromatic heterocycles. The predicted octanol–water partition coefficient (Wildman–Crippen LogP) is 36.2. The fourth-order valence-corrected chi connectivity index (χ4v) is 22.1. The van der Waals surface area contributed by atoms with E-state index >= 15 is 0 Å². The summed E-state index contributed by atoms with van der Waals surface area (Å²) in [5.74, 6) is 0. The van der Waals surface area contributed by atoms with Crippen LogP contribution in [0.1, 0.15) is 44.5 Å². The molecule has 0 saturated heterocycles. The van der Waals surface area contributed by atoms with Crippen molar-refractivity contribution >= 4 is 78.0 Å². The largest absolute Gasteiger partial charge is 0.456 e. The Balaban J connectivity index is 0.000000146. The van der Waals surface area contributed by atoms with Gasteiger partial charge in [0.25, 0.3) is 0 Å². The zero-order valence-electron chi connectivity index (χ0n) is 75.7. The van der Waals surface area contributed by atoms with Crippen molar-refractivity contribution in [2.24, 2.45) is 0 Å². The van der Waals surface area contributed by atoms with Gasteiger partial charge in [-0.15, -0.1) is 0 Å². The third-order valence-electron chi connectivity index (χ3n) is 28.4. The molecule has 0 bridgehead atoms. The second kappa shape index (κ2) is 34.9. The van der Waals surface area contributed by atoms with Gasteiger partial charge in [0.2, 0.25) is 0 Å². The van der Waals surface area contributed by atoms with Crippen LogP contribution in [0.4, 0.5) is 34.1 Å². The maximum Gasteiger partial charge on any atom is 0.136 e. The molecule has 0 amide bonds. The van der Waals surface area contributed by atoms with Crippen LogP contribution >= 0.6 is 0 Å².